The summed E-state index contributed by atoms with van der Waals surface area (Å²) in [5.41, 5.74) is 0.0116. The Kier molecular flexibility index (Phi) is 2.80. The molecule has 6 heteroatoms. The molecule has 0 saturated carbocycles. The number of benzene rings is 1. The summed E-state index contributed by atoms with van der Waals surface area (Å²) in [6, 6.07) is 4.63. The van der Waals surface area contributed by atoms with Crippen LogP contribution in [0.2, 0.25) is 0 Å². The second-order valence-corrected chi connectivity index (χ2v) is 6.98. The normalized spacial score (nSPS) is 11.2. The second kappa shape index (κ2) is 3.54. The standard InChI is InChI=1S/C7H5O2.2H2O.O.Sb/c8-7(9)6-4-2-1-3-5-6;;;;/h2-5H,(H,8,9);2*1H2;;/q;;;;+2/p-2. The molecule has 1 rings (SSSR count). The molecule has 3 N–H and O–H groups in total. The first-order valence-electron chi connectivity index (χ1n) is 3.31. The number of hydrogen-bond acceptors (Lipinski definition) is 2. The molecule has 0 spiro atoms. The zero-order valence-corrected chi connectivity index (χ0v) is 8.97. The zero-order chi connectivity index (χ0) is 10.1. The van der Waals surface area contributed by atoms with Crippen LogP contribution in [0.15, 0.2) is 24.3 Å². The Morgan fingerprint density at radius 3 is 1.92 bits per heavy atom. The van der Waals surface area contributed by atoms with Crippen molar-refractivity contribution < 1.29 is 19.7 Å². The summed E-state index contributed by atoms with van der Waals surface area (Å²) in [4.78, 5) is 10.4. The SMILES string of the molecule is O=C(O)c1cc[c]([Sb](=[O])([OH])[OH])cc1. The van der Waals surface area contributed by atoms with E-state index in [4.69, 9.17) is 11.9 Å². The van der Waals surface area contributed by atoms with E-state index < -0.39 is 25.6 Å². The molecule has 0 saturated heterocycles. The Balaban J connectivity index is 3.08. The number of aromatic carboxylic acids is 1. The van der Waals surface area contributed by atoms with Crippen LogP contribution >= 0.6 is 0 Å². The molecule has 0 aliphatic heterocycles. The predicted molar refractivity (Wildman–Crippen MR) is 43.9 cm³/mol. The van der Waals surface area contributed by atoms with Gasteiger partial charge >= 0.3 is 78.6 Å². The van der Waals surface area contributed by atoms with Crippen molar-refractivity contribution in [3.63, 3.8) is 0 Å². The van der Waals surface area contributed by atoms with Crippen molar-refractivity contribution in [2.24, 2.45) is 0 Å². The number of carboxylic acids is 1. The fraction of sp³-hybridized carbons (Fsp3) is 0. The van der Waals surface area contributed by atoms with Gasteiger partial charge in [-0.25, -0.2) is 0 Å². The Morgan fingerprint density at radius 1 is 1.15 bits per heavy atom. The average molecular weight is 293 g/mol. The van der Waals surface area contributed by atoms with Crippen LogP contribution < -0.4 is 3.51 Å². The Morgan fingerprint density at radius 2 is 1.62 bits per heavy atom. The molecule has 0 amide bonds. The minimum atomic E-state index is -5.13. The van der Waals surface area contributed by atoms with Gasteiger partial charge in [-0.1, -0.05) is 0 Å². The number of carbonyl (C=O) groups is 1. The van der Waals surface area contributed by atoms with Crippen LogP contribution in [0.1, 0.15) is 10.4 Å². The van der Waals surface area contributed by atoms with Crippen LogP contribution in [0.4, 0.5) is 0 Å². The summed E-state index contributed by atoms with van der Waals surface area (Å²) in [6.45, 7) is 0. The van der Waals surface area contributed by atoms with E-state index in [2.05, 4.69) is 0 Å². The van der Waals surface area contributed by atoms with E-state index in [1.165, 1.54) is 12.1 Å². The fourth-order valence-electron chi connectivity index (χ4n) is 0.798. The van der Waals surface area contributed by atoms with Crippen molar-refractivity contribution in [1.82, 2.24) is 0 Å². The molecule has 0 aromatic heterocycles. The molecule has 13 heavy (non-hydrogen) atoms. The van der Waals surface area contributed by atoms with Crippen LogP contribution in [-0.2, 0) is 3.02 Å². The third-order valence-corrected chi connectivity index (χ3v) is 4.22. The van der Waals surface area contributed by atoms with Crippen molar-refractivity contribution in [3.8, 4) is 0 Å². The summed E-state index contributed by atoms with van der Waals surface area (Å²) in [7, 11) is 0. The Bertz CT molecular complexity index is 363. The molecule has 70 valence electrons. The van der Waals surface area contributed by atoms with Crippen molar-refractivity contribution in [2.45, 2.75) is 0 Å². The molecule has 1 aromatic rings. The third-order valence-electron chi connectivity index (χ3n) is 1.45. The Labute approximate surface area is 78.8 Å². The van der Waals surface area contributed by atoms with E-state index in [1.54, 1.807) is 0 Å². The first-order valence-corrected chi connectivity index (χ1v) is 7.91. The van der Waals surface area contributed by atoms with Crippen LogP contribution in [0.25, 0.3) is 0 Å². The summed E-state index contributed by atoms with van der Waals surface area (Å²) in [6.07, 6.45) is 0. The molecule has 5 nitrogen and oxygen atoms in total. The minimum absolute atomic E-state index is 0.0116. The maximum atomic E-state index is 10.7. The van der Waals surface area contributed by atoms with Gasteiger partial charge in [-0.3, -0.25) is 0 Å². The molecule has 0 bridgehead atoms. The summed E-state index contributed by atoms with van der Waals surface area (Å²) >= 11 is -5.13. The molecule has 1 aromatic carbocycles. The van der Waals surface area contributed by atoms with Gasteiger partial charge in [0.05, 0.1) is 0 Å². The first-order chi connectivity index (χ1) is 5.91. The van der Waals surface area contributed by atoms with Crippen LogP contribution in [0.3, 0.4) is 0 Å². The molecule has 0 heterocycles. The first kappa shape index (κ1) is 10.3. The van der Waals surface area contributed by atoms with E-state index >= 15 is 0 Å². The van der Waals surface area contributed by atoms with Crippen molar-refractivity contribution in [1.29, 1.82) is 0 Å². The van der Waals surface area contributed by atoms with E-state index in [9.17, 15) is 7.81 Å². The molecule has 0 aliphatic carbocycles. The third kappa shape index (κ3) is 2.59. The number of carboxylic acid groups (broad SMARTS) is 1. The molecular weight excluding hydrogens is 286 g/mol. The van der Waals surface area contributed by atoms with Crippen LogP contribution in [0.5, 0.6) is 0 Å². The van der Waals surface area contributed by atoms with E-state index in [-0.39, 0.29) is 9.07 Å². The molecule has 0 fully saturated rings. The zero-order valence-electron chi connectivity index (χ0n) is 6.41. The van der Waals surface area contributed by atoms with E-state index in [1.807, 2.05) is 0 Å². The summed E-state index contributed by atoms with van der Waals surface area (Å²) in [5.74, 6) is -1.12. The molecular formula is C7H7O5Sb. The number of rotatable bonds is 2. The molecule has 0 aliphatic rings. The summed E-state index contributed by atoms with van der Waals surface area (Å²) in [5, 5.41) is 8.49. The van der Waals surface area contributed by atoms with Crippen LogP contribution in [-0.4, -0.2) is 37.5 Å². The van der Waals surface area contributed by atoms with Crippen molar-refractivity contribution in [2.75, 3.05) is 0 Å². The van der Waals surface area contributed by atoms with Gasteiger partial charge in [0.15, 0.2) is 0 Å². The van der Waals surface area contributed by atoms with Gasteiger partial charge in [0.2, 0.25) is 0 Å². The van der Waals surface area contributed by atoms with Gasteiger partial charge in [-0.2, -0.15) is 0 Å². The van der Waals surface area contributed by atoms with Crippen molar-refractivity contribution in [3.05, 3.63) is 29.8 Å². The van der Waals surface area contributed by atoms with Gasteiger partial charge in [0.1, 0.15) is 0 Å². The van der Waals surface area contributed by atoms with E-state index in [0.717, 1.165) is 12.1 Å². The quantitative estimate of drug-likeness (QED) is 0.605. The average Bonchev–Trinajstić information content (AvgIpc) is 2.03. The molecule has 0 unspecified atom stereocenters. The maximum absolute atomic E-state index is 10.7. The molecule has 0 atom stereocenters. The van der Waals surface area contributed by atoms with Crippen LogP contribution in [0, 0.1) is 0 Å². The van der Waals surface area contributed by atoms with E-state index in [0.29, 0.717) is 0 Å². The van der Waals surface area contributed by atoms with Gasteiger partial charge in [0, 0.05) is 0 Å². The molecule has 0 radical (unpaired) electrons. The van der Waals surface area contributed by atoms with Gasteiger partial charge in [-0.05, 0) is 0 Å². The fourth-order valence-corrected chi connectivity index (χ4v) is 2.33. The van der Waals surface area contributed by atoms with Gasteiger partial charge in [-0.15, -0.1) is 0 Å². The summed E-state index contributed by atoms with van der Waals surface area (Å²) < 4.78 is 28.2. The van der Waals surface area contributed by atoms with Crippen molar-refractivity contribution >= 4 is 29.1 Å². The van der Waals surface area contributed by atoms with Gasteiger partial charge in [0.25, 0.3) is 0 Å². The monoisotopic (exact) mass is 292 g/mol. The van der Waals surface area contributed by atoms with Gasteiger partial charge < -0.3 is 0 Å². The number of hydrogen-bond donors (Lipinski definition) is 3. The Hall–Kier alpha value is -0.772. The predicted octanol–water partition coefficient (Wildman–Crippen LogP) is -1.05. The topological polar surface area (TPSA) is 94.8 Å². The second-order valence-electron chi connectivity index (χ2n) is 2.40.